The maximum Gasteiger partial charge on any atom is 0.123 e. The second kappa shape index (κ2) is 7.81. The molecule has 0 fully saturated rings. The molecule has 0 bridgehead atoms. The van der Waals surface area contributed by atoms with Gasteiger partial charge in [0.1, 0.15) is 5.01 Å². The van der Waals surface area contributed by atoms with Crippen LogP contribution in [0.25, 0.3) is 10.6 Å². The molecule has 4 heteroatoms. The van der Waals surface area contributed by atoms with E-state index in [0.29, 0.717) is 0 Å². The van der Waals surface area contributed by atoms with Crippen LogP contribution < -0.4 is 5.32 Å². The van der Waals surface area contributed by atoms with Crippen molar-refractivity contribution in [1.82, 2.24) is 10.3 Å². The minimum atomic E-state index is 0.937. The van der Waals surface area contributed by atoms with Crippen LogP contribution in [0.15, 0.2) is 29.2 Å². The van der Waals surface area contributed by atoms with Crippen LogP contribution in [0.2, 0.25) is 0 Å². The molecule has 20 heavy (non-hydrogen) atoms. The molecule has 2 aromatic rings. The normalized spacial score (nSPS) is 10.9. The summed E-state index contributed by atoms with van der Waals surface area (Å²) in [5.74, 6) is 0. The molecule has 1 heterocycles. The molecule has 0 saturated heterocycles. The van der Waals surface area contributed by atoms with E-state index < -0.39 is 0 Å². The van der Waals surface area contributed by atoms with Crippen molar-refractivity contribution in [3.63, 3.8) is 0 Å². The Bertz CT molecular complexity index is 532. The maximum atomic E-state index is 4.85. The van der Waals surface area contributed by atoms with Gasteiger partial charge in [-0.05, 0) is 31.4 Å². The van der Waals surface area contributed by atoms with Crippen LogP contribution in [0.1, 0.15) is 30.8 Å². The van der Waals surface area contributed by atoms with Crippen molar-refractivity contribution in [2.45, 2.75) is 38.1 Å². The van der Waals surface area contributed by atoms with Gasteiger partial charge in [-0.15, -0.1) is 23.1 Å². The number of thioether (sulfide) groups is 1. The largest absolute Gasteiger partial charge is 0.312 e. The van der Waals surface area contributed by atoms with Gasteiger partial charge in [0.2, 0.25) is 0 Å². The highest BCUT2D eigenvalue weighted by Gasteiger charge is 2.11. The summed E-state index contributed by atoms with van der Waals surface area (Å²) < 4.78 is 0. The molecule has 108 valence electrons. The lowest BCUT2D eigenvalue weighted by atomic mass is 10.2. The molecule has 0 aliphatic rings. The van der Waals surface area contributed by atoms with Crippen molar-refractivity contribution in [3.05, 3.63) is 34.8 Å². The summed E-state index contributed by atoms with van der Waals surface area (Å²) in [6.45, 7) is 6.29. The zero-order chi connectivity index (χ0) is 14.4. The third kappa shape index (κ3) is 3.84. The number of nitrogens with zero attached hydrogens (tertiary/aromatic N) is 1. The molecule has 0 saturated carbocycles. The number of nitrogens with one attached hydrogen (secondary N) is 1. The summed E-state index contributed by atoms with van der Waals surface area (Å²) in [5.41, 5.74) is 2.50. The SMILES string of the molecule is CCCc1nc(-c2ccc(SC)cc2)sc1CNCC. The highest BCUT2D eigenvalue weighted by atomic mass is 32.2. The first-order valence-electron chi connectivity index (χ1n) is 7.12. The fourth-order valence-corrected chi connectivity index (χ4v) is 3.54. The van der Waals surface area contributed by atoms with Gasteiger partial charge in [0.25, 0.3) is 0 Å². The molecule has 0 spiro atoms. The minimum Gasteiger partial charge on any atom is -0.312 e. The van der Waals surface area contributed by atoms with E-state index in [4.69, 9.17) is 4.98 Å². The van der Waals surface area contributed by atoms with Crippen molar-refractivity contribution < 1.29 is 0 Å². The van der Waals surface area contributed by atoms with Gasteiger partial charge in [-0.3, -0.25) is 0 Å². The summed E-state index contributed by atoms with van der Waals surface area (Å²) in [4.78, 5) is 7.54. The van der Waals surface area contributed by atoms with Gasteiger partial charge in [0, 0.05) is 21.9 Å². The van der Waals surface area contributed by atoms with Crippen molar-refractivity contribution in [1.29, 1.82) is 0 Å². The lowest BCUT2D eigenvalue weighted by molar-refractivity contribution is 0.723. The molecular formula is C16H22N2S2. The van der Waals surface area contributed by atoms with Crippen LogP contribution in [0, 0.1) is 0 Å². The zero-order valence-electron chi connectivity index (χ0n) is 12.4. The first kappa shape index (κ1) is 15.5. The number of hydrogen-bond donors (Lipinski definition) is 1. The average Bonchev–Trinajstić information content (AvgIpc) is 2.89. The number of hydrogen-bond acceptors (Lipinski definition) is 4. The number of benzene rings is 1. The van der Waals surface area contributed by atoms with E-state index in [9.17, 15) is 0 Å². The van der Waals surface area contributed by atoms with Crippen molar-refractivity contribution >= 4 is 23.1 Å². The number of thiazole rings is 1. The van der Waals surface area contributed by atoms with Crippen LogP contribution in [-0.4, -0.2) is 17.8 Å². The van der Waals surface area contributed by atoms with Crippen LogP contribution in [0.4, 0.5) is 0 Å². The Morgan fingerprint density at radius 2 is 1.95 bits per heavy atom. The topological polar surface area (TPSA) is 24.9 Å². The fourth-order valence-electron chi connectivity index (χ4n) is 2.05. The van der Waals surface area contributed by atoms with E-state index in [1.54, 1.807) is 11.8 Å². The number of rotatable bonds is 7. The fraction of sp³-hybridized carbons (Fsp3) is 0.438. The Hall–Kier alpha value is -0.840. The van der Waals surface area contributed by atoms with Crippen LogP contribution in [-0.2, 0) is 13.0 Å². The molecule has 1 aromatic heterocycles. The van der Waals surface area contributed by atoms with Gasteiger partial charge < -0.3 is 5.32 Å². The molecule has 0 amide bonds. The third-order valence-corrected chi connectivity index (χ3v) is 5.03. The quantitative estimate of drug-likeness (QED) is 0.757. The molecule has 1 N–H and O–H groups in total. The van der Waals surface area contributed by atoms with Gasteiger partial charge in [-0.25, -0.2) is 4.98 Å². The Balaban J connectivity index is 2.25. The molecular weight excluding hydrogens is 284 g/mol. The van der Waals surface area contributed by atoms with Crippen molar-refractivity contribution in [2.75, 3.05) is 12.8 Å². The van der Waals surface area contributed by atoms with Crippen molar-refractivity contribution in [3.8, 4) is 10.6 Å². The number of aryl methyl sites for hydroxylation is 1. The van der Waals surface area contributed by atoms with Crippen molar-refractivity contribution in [2.24, 2.45) is 0 Å². The van der Waals surface area contributed by atoms with Crippen LogP contribution in [0.5, 0.6) is 0 Å². The van der Waals surface area contributed by atoms with Crippen LogP contribution >= 0.6 is 23.1 Å². The molecule has 0 unspecified atom stereocenters. The van der Waals surface area contributed by atoms with E-state index in [1.165, 1.54) is 21.0 Å². The van der Waals surface area contributed by atoms with E-state index in [-0.39, 0.29) is 0 Å². The highest BCUT2D eigenvalue weighted by Crippen LogP contribution is 2.30. The predicted octanol–water partition coefficient (Wildman–Crippen LogP) is 4.59. The molecule has 2 rings (SSSR count). The van der Waals surface area contributed by atoms with Gasteiger partial charge in [-0.2, -0.15) is 0 Å². The monoisotopic (exact) mass is 306 g/mol. The summed E-state index contributed by atoms with van der Waals surface area (Å²) in [7, 11) is 0. The van der Waals surface area contributed by atoms with E-state index in [1.807, 2.05) is 11.3 Å². The summed E-state index contributed by atoms with van der Waals surface area (Å²) in [6.07, 6.45) is 4.32. The summed E-state index contributed by atoms with van der Waals surface area (Å²) in [6, 6.07) is 8.70. The third-order valence-electron chi connectivity index (χ3n) is 3.14. The van der Waals surface area contributed by atoms with E-state index in [2.05, 4.69) is 49.7 Å². The second-order valence-corrected chi connectivity index (χ2v) is 6.61. The van der Waals surface area contributed by atoms with Gasteiger partial charge in [-0.1, -0.05) is 32.4 Å². The Kier molecular flexibility index (Phi) is 6.07. The predicted molar refractivity (Wildman–Crippen MR) is 90.7 cm³/mol. The first-order chi connectivity index (χ1) is 9.78. The Morgan fingerprint density at radius 3 is 2.55 bits per heavy atom. The van der Waals surface area contributed by atoms with E-state index >= 15 is 0 Å². The zero-order valence-corrected chi connectivity index (χ0v) is 14.0. The maximum absolute atomic E-state index is 4.85. The smallest absolute Gasteiger partial charge is 0.123 e. The molecule has 1 aromatic carbocycles. The standard InChI is InChI=1S/C16H22N2S2/c1-4-6-14-15(11-17-5-2)20-16(18-14)12-7-9-13(19-3)10-8-12/h7-10,17H,4-6,11H2,1-3H3. The summed E-state index contributed by atoms with van der Waals surface area (Å²) >= 11 is 3.60. The Labute approximate surface area is 130 Å². The highest BCUT2D eigenvalue weighted by molar-refractivity contribution is 7.98. The molecule has 2 nitrogen and oxygen atoms in total. The van der Waals surface area contributed by atoms with Crippen LogP contribution in [0.3, 0.4) is 0 Å². The lowest BCUT2D eigenvalue weighted by Gasteiger charge is -2.00. The molecule has 0 radical (unpaired) electrons. The molecule has 0 aliphatic carbocycles. The summed E-state index contributed by atoms with van der Waals surface area (Å²) in [5, 5.41) is 4.56. The first-order valence-corrected chi connectivity index (χ1v) is 9.16. The second-order valence-electron chi connectivity index (χ2n) is 4.65. The van der Waals surface area contributed by atoms with Gasteiger partial charge >= 0.3 is 0 Å². The van der Waals surface area contributed by atoms with Gasteiger partial charge in [0.05, 0.1) is 5.69 Å². The number of aromatic nitrogens is 1. The minimum absolute atomic E-state index is 0.937. The van der Waals surface area contributed by atoms with Gasteiger partial charge in [0.15, 0.2) is 0 Å². The lowest BCUT2D eigenvalue weighted by Crippen LogP contribution is -2.11. The molecule has 0 atom stereocenters. The average molecular weight is 307 g/mol. The van der Waals surface area contributed by atoms with E-state index in [0.717, 1.165) is 30.9 Å². The Morgan fingerprint density at radius 1 is 1.20 bits per heavy atom. The molecule has 0 aliphatic heterocycles.